The highest BCUT2D eigenvalue weighted by molar-refractivity contribution is 5.57. The minimum atomic E-state index is -0.773. The van der Waals surface area contributed by atoms with E-state index in [0.717, 1.165) is 69.1 Å². The van der Waals surface area contributed by atoms with Crippen LogP contribution in [0.2, 0.25) is 0 Å². The number of aromatic nitrogens is 1. The maximum absolute atomic E-state index is 11.0. The number of aliphatic hydroxyl groups is 1. The molecule has 6 heteroatoms. The number of ether oxygens (including phenoxy) is 2. The molecule has 2 fully saturated rings. The first-order valence-electron chi connectivity index (χ1n) is 10.2. The molecule has 0 spiro atoms. The molecule has 4 heterocycles. The topological polar surface area (TPSA) is 58.1 Å². The minimum Gasteiger partial charge on any atom is -0.454 e. The van der Waals surface area contributed by atoms with E-state index in [1.165, 1.54) is 5.69 Å². The van der Waals surface area contributed by atoms with E-state index in [0.29, 0.717) is 12.8 Å². The Balaban J connectivity index is 1.17. The van der Waals surface area contributed by atoms with Gasteiger partial charge in [-0.3, -0.25) is 4.98 Å². The number of pyridine rings is 1. The molecule has 0 radical (unpaired) electrons. The molecule has 0 aliphatic carbocycles. The molecule has 1 N–H and O–H groups in total. The molecule has 0 saturated carbocycles. The number of hydrogen-bond acceptors (Lipinski definition) is 6. The molecule has 28 heavy (non-hydrogen) atoms. The van der Waals surface area contributed by atoms with Crippen molar-refractivity contribution in [1.82, 2.24) is 9.88 Å². The Bertz CT molecular complexity index is 813. The molecule has 0 amide bonds. The van der Waals surface area contributed by atoms with Crippen LogP contribution in [-0.2, 0) is 5.60 Å². The fourth-order valence-electron chi connectivity index (χ4n) is 4.72. The predicted molar refractivity (Wildman–Crippen MR) is 107 cm³/mol. The van der Waals surface area contributed by atoms with Crippen LogP contribution in [0.5, 0.6) is 11.5 Å². The highest BCUT2D eigenvalue weighted by Crippen LogP contribution is 2.37. The van der Waals surface area contributed by atoms with Gasteiger partial charge in [-0.05, 0) is 49.9 Å². The standard InChI is InChI=1S/C22H27N3O3/c26-22(21-3-1-2-10-23-21)8-13-25(14-9-22)17-6-11-24(12-7-17)18-4-5-19-20(15-18)28-16-27-19/h1-5,10,15,17,26H,6-9,11-14,16H2. The lowest BCUT2D eigenvalue weighted by atomic mass is 9.86. The number of likely N-dealkylation sites (tertiary alicyclic amines) is 1. The summed E-state index contributed by atoms with van der Waals surface area (Å²) in [5.41, 5.74) is 1.25. The summed E-state index contributed by atoms with van der Waals surface area (Å²) in [6, 6.07) is 12.6. The lowest BCUT2D eigenvalue weighted by Gasteiger charge is -2.44. The second-order valence-corrected chi connectivity index (χ2v) is 8.04. The van der Waals surface area contributed by atoms with Crippen LogP contribution in [-0.4, -0.2) is 54.0 Å². The Labute approximate surface area is 165 Å². The Hall–Kier alpha value is -2.31. The summed E-state index contributed by atoms with van der Waals surface area (Å²) in [6.45, 7) is 4.28. The summed E-state index contributed by atoms with van der Waals surface area (Å²) in [7, 11) is 0. The Morgan fingerprint density at radius 3 is 2.50 bits per heavy atom. The fraction of sp³-hybridized carbons (Fsp3) is 0.500. The van der Waals surface area contributed by atoms with Crippen LogP contribution in [0.3, 0.4) is 0 Å². The van der Waals surface area contributed by atoms with Gasteiger partial charge in [0.2, 0.25) is 6.79 Å². The summed E-state index contributed by atoms with van der Waals surface area (Å²) in [5.74, 6) is 1.69. The second kappa shape index (κ2) is 7.26. The van der Waals surface area contributed by atoms with Gasteiger partial charge in [-0.15, -0.1) is 0 Å². The van der Waals surface area contributed by atoms with E-state index in [4.69, 9.17) is 9.47 Å². The molecule has 6 nitrogen and oxygen atoms in total. The molecule has 3 aliphatic rings. The monoisotopic (exact) mass is 381 g/mol. The van der Waals surface area contributed by atoms with Gasteiger partial charge < -0.3 is 24.4 Å². The molecule has 148 valence electrons. The number of fused-ring (bicyclic) bond motifs is 1. The molecular weight excluding hydrogens is 354 g/mol. The Morgan fingerprint density at radius 1 is 0.964 bits per heavy atom. The Kier molecular flexibility index (Phi) is 4.61. The molecule has 5 rings (SSSR count). The lowest BCUT2D eigenvalue weighted by molar-refractivity contribution is -0.0409. The summed E-state index contributed by atoms with van der Waals surface area (Å²) in [5, 5.41) is 11.0. The van der Waals surface area contributed by atoms with Gasteiger partial charge in [-0.2, -0.15) is 0 Å². The van der Waals surface area contributed by atoms with Crippen LogP contribution in [0.4, 0.5) is 5.69 Å². The zero-order valence-corrected chi connectivity index (χ0v) is 16.1. The number of nitrogens with zero attached hydrogens (tertiary/aromatic N) is 3. The third-order valence-electron chi connectivity index (χ3n) is 6.47. The van der Waals surface area contributed by atoms with E-state index in [2.05, 4.69) is 26.9 Å². The van der Waals surface area contributed by atoms with Gasteiger partial charge in [0, 0.05) is 50.2 Å². The largest absolute Gasteiger partial charge is 0.454 e. The van der Waals surface area contributed by atoms with Gasteiger partial charge >= 0.3 is 0 Å². The van der Waals surface area contributed by atoms with Crippen molar-refractivity contribution in [2.45, 2.75) is 37.3 Å². The van der Waals surface area contributed by atoms with Crippen LogP contribution in [0.1, 0.15) is 31.4 Å². The summed E-state index contributed by atoms with van der Waals surface area (Å²) >= 11 is 0. The summed E-state index contributed by atoms with van der Waals surface area (Å²) in [6.07, 6.45) is 5.58. The second-order valence-electron chi connectivity index (χ2n) is 8.04. The summed E-state index contributed by atoms with van der Waals surface area (Å²) in [4.78, 5) is 9.39. The number of piperidine rings is 2. The van der Waals surface area contributed by atoms with Crippen molar-refractivity contribution in [1.29, 1.82) is 0 Å². The van der Waals surface area contributed by atoms with Gasteiger partial charge in [0.15, 0.2) is 11.5 Å². The quantitative estimate of drug-likeness (QED) is 0.882. The van der Waals surface area contributed by atoms with Gasteiger partial charge in [0.05, 0.1) is 5.69 Å². The summed E-state index contributed by atoms with van der Waals surface area (Å²) < 4.78 is 10.9. The molecule has 0 bridgehead atoms. The number of hydrogen-bond donors (Lipinski definition) is 1. The van der Waals surface area contributed by atoms with Crippen molar-refractivity contribution in [3.05, 3.63) is 48.3 Å². The number of benzene rings is 1. The molecule has 2 saturated heterocycles. The molecule has 2 aromatic rings. The molecular formula is C22H27N3O3. The third kappa shape index (κ3) is 3.31. The normalized spacial score (nSPS) is 22.4. The zero-order chi connectivity index (χ0) is 19.0. The van der Waals surface area contributed by atoms with E-state index in [-0.39, 0.29) is 0 Å². The smallest absolute Gasteiger partial charge is 0.231 e. The van der Waals surface area contributed by atoms with Gasteiger partial charge in [-0.1, -0.05) is 6.07 Å². The maximum atomic E-state index is 11.0. The molecule has 1 aromatic heterocycles. The number of rotatable bonds is 3. The van der Waals surface area contributed by atoms with E-state index in [9.17, 15) is 5.11 Å². The first-order chi connectivity index (χ1) is 13.7. The average Bonchev–Trinajstić information content (AvgIpc) is 3.23. The predicted octanol–water partition coefficient (Wildman–Crippen LogP) is 2.76. The van der Waals surface area contributed by atoms with E-state index in [1.807, 2.05) is 24.3 Å². The van der Waals surface area contributed by atoms with Crippen molar-refractivity contribution in [3.63, 3.8) is 0 Å². The highest BCUT2D eigenvalue weighted by atomic mass is 16.7. The van der Waals surface area contributed by atoms with Gasteiger partial charge in [0.1, 0.15) is 5.60 Å². The lowest BCUT2D eigenvalue weighted by Crippen LogP contribution is -2.50. The molecule has 0 atom stereocenters. The van der Waals surface area contributed by atoms with Crippen molar-refractivity contribution < 1.29 is 14.6 Å². The van der Waals surface area contributed by atoms with Gasteiger partial charge in [-0.25, -0.2) is 0 Å². The molecule has 0 unspecified atom stereocenters. The van der Waals surface area contributed by atoms with Crippen LogP contribution in [0.25, 0.3) is 0 Å². The molecule has 1 aromatic carbocycles. The van der Waals surface area contributed by atoms with Crippen molar-refractivity contribution >= 4 is 5.69 Å². The Morgan fingerprint density at radius 2 is 1.75 bits per heavy atom. The van der Waals surface area contributed by atoms with Crippen LogP contribution in [0.15, 0.2) is 42.6 Å². The molecule has 3 aliphatic heterocycles. The maximum Gasteiger partial charge on any atom is 0.231 e. The van der Waals surface area contributed by atoms with Crippen molar-refractivity contribution in [2.24, 2.45) is 0 Å². The first kappa shape index (κ1) is 17.8. The fourth-order valence-corrected chi connectivity index (χ4v) is 4.72. The third-order valence-corrected chi connectivity index (χ3v) is 6.47. The van der Waals surface area contributed by atoms with E-state index >= 15 is 0 Å². The van der Waals surface area contributed by atoms with Crippen molar-refractivity contribution in [2.75, 3.05) is 37.9 Å². The van der Waals surface area contributed by atoms with E-state index < -0.39 is 5.60 Å². The van der Waals surface area contributed by atoms with Crippen LogP contribution >= 0.6 is 0 Å². The van der Waals surface area contributed by atoms with Crippen LogP contribution in [0, 0.1) is 0 Å². The van der Waals surface area contributed by atoms with Crippen LogP contribution < -0.4 is 14.4 Å². The highest BCUT2D eigenvalue weighted by Gasteiger charge is 2.37. The van der Waals surface area contributed by atoms with E-state index in [1.54, 1.807) is 6.20 Å². The van der Waals surface area contributed by atoms with Crippen molar-refractivity contribution in [3.8, 4) is 11.5 Å². The first-order valence-corrected chi connectivity index (χ1v) is 10.2. The SMILES string of the molecule is OC1(c2ccccn2)CCN(C2CCN(c3ccc4c(c3)OCO4)CC2)CC1. The zero-order valence-electron chi connectivity index (χ0n) is 16.1. The van der Waals surface area contributed by atoms with Gasteiger partial charge in [0.25, 0.3) is 0 Å². The average molecular weight is 381 g/mol. The number of anilines is 1. The minimum absolute atomic E-state index is 0.320.